The molecule has 8 nitrogen and oxygen atoms in total. The summed E-state index contributed by atoms with van der Waals surface area (Å²) in [6.45, 7) is 2.37. The molecule has 1 aliphatic heterocycles. The molecule has 0 bridgehead atoms. The van der Waals surface area contributed by atoms with Crippen molar-refractivity contribution in [2.45, 2.75) is 19.0 Å². The van der Waals surface area contributed by atoms with Gasteiger partial charge < -0.3 is 15.4 Å². The number of aromatic nitrogens is 4. The second kappa shape index (κ2) is 8.73. The van der Waals surface area contributed by atoms with Gasteiger partial charge in [-0.1, -0.05) is 42.5 Å². The Bertz CT molecular complexity index is 904. The Morgan fingerprint density at radius 3 is 2.75 bits per heavy atom. The predicted octanol–water partition coefficient (Wildman–Crippen LogP) is 1.51. The molecule has 0 radical (unpaired) electrons. The van der Waals surface area contributed by atoms with E-state index in [0.717, 1.165) is 23.2 Å². The van der Waals surface area contributed by atoms with E-state index >= 15 is 0 Å². The van der Waals surface area contributed by atoms with Gasteiger partial charge in [0, 0.05) is 17.8 Å². The average molecular weight is 378 g/mol. The third-order valence-corrected chi connectivity index (χ3v) is 4.54. The molecule has 1 atom stereocenters. The normalized spacial score (nSPS) is 16.6. The van der Waals surface area contributed by atoms with Crippen LogP contribution in [0.25, 0.3) is 11.4 Å². The minimum Gasteiger partial charge on any atom is -0.378 e. The molecule has 2 aromatic carbocycles. The Labute approximate surface area is 162 Å². The fourth-order valence-corrected chi connectivity index (χ4v) is 2.99. The quantitative estimate of drug-likeness (QED) is 0.675. The number of tetrazole rings is 1. The highest BCUT2D eigenvalue weighted by atomic mass is 16.5. The van der Waals surface area contributed by atoms with E-state index in [1.807, 2.05) is 54.6 Å². The molecule has 0 spiro atoms. The Kier molecular flexibility index (Phi) is 5.69. The minimum atomic E-state index is -0.300. The number of anilines is 1. The van der Waals surface area contributed by atoms with Gasteiger partial charge in [0.25, 0.3) is 0 Å². The van der Waals surface area contributed by atoms with Crippen LogP contribution in [0.15, 0.2) is 54.6 Å². The molecule has 2 N–H and O–H groups in total. The van der Waals surface area contributed by atoms with Gasteiger partial charge in [-0.15, -0.1) is 10.2 Å². The molecule has 2 heterocycles. The number of carbonyl (C=O) groups excluding carboxylic acids is 1. The van der Waals surface area contributed by atoms with Crippen molar-refractivity contribution in [1.82, 2.24) is 25.5 Å². The second-order valence-electron chi connectivity index (χ2n) is 6.59. The molecule has 144 valence electrons. The molecular formula is C20H22N6O2. The molecule has 1 aliphatic rings. The van der Waals surface area contributed by atoms with Crippen LogP contribution in [0.3, 0.4) is 0 Å². The molecular weight excluding hydrogens is 356 g/mol. The van der Waals surface area contributed by atoms with E-state index in [9.17, 15) is 4.79 Å². The lowest BCUT2D eigenvalue weighted by atomic mass is 10.1. The summed E-state index contributed by atoms with van der Waals surface area (Å²) in [4.78, 5) is 13.8. The SMILES string of the molecule is O=C(Nc1ccc(CCn2nnc(-c3ccccc3)n2)cc1)C1COCCN1. The van der Waals surface area contributed by atoms with Crippen molar-refractivity contribution in [3.05, 3.63) is 60.2 Å². The van der Waals surface area contributed by atoms with Crippen molar-refractivity contribution in [2.24, 2.45) is 0 Å². The predicted molar refractivity (Wildman–Crippen MR) is 105 cm³/mol. The van der Waals surface area contributed by atoms with Crippen molar-refractivity contribution in [3.8, 4) is 11.4 Å². The summed E-state index contributed by atoms with van der Waals surface area (Å²) in [5, 5.41) is 18.7. The fraction of sp³-hybridized carbons (Fsp3) is 0.300. The number of ether oxygens (including phenoxy) is 1. The van der Waals surface area contributed by atoms with E-state index in [-0.39, 0.29) is 11.9 Å². The van der Waals surface area contributed by atoms with Gasteiger partial charge in [-0.3, -0.25) is 4.79 Å². The van der Waals surface area contributed by atoms with E-state index in [1.165, 1.54) is 0 Å². The number of morpholine rings is 1. The zero-order valence-electron chi connectivity index (χ0n) is 15.4. The largest absolute Gasteiger partial charge is 0.378 e. The third-order valence-electron chi connectivity index (χ3n) is 4.54. The number of benzene rings is 2. The first kappa shape index (κ1) is 18.3. The van der Waals surface area contributed by atoms with Gasteiger partial charge in [0.15, 0.2) is 0 Å². The van der Waals surface area contributed by atoms with Crippen LogP contribution in [0, 0.1) is 0 Å². The summed E-state index contributed by atoms with van der Waals surface area (Å²) in [5.74, 6) is 0.548. The first-order chi connectivity index (χ1) is 13.8. The van der Waals surface area contributed by atoms with Crippen LogP contribution in [-0.2, 0) is 22.5 Å². The number of amides is 1. The van der Waals surface area contributed by atoms with Crippen molar-refractivity contribution >= 4 is 11.6 Å². The van der Waals surface area contributed by atoms with Crippen LogP contribution in [0.2, 0.25) is 0 Å². The highest BCUT2D eigenvalue weighted by Crippen LogP contribution is 2.13. The van der Waals surface area contributed by atoms with Crippen molar-refractivity contribution in [2.75, 3.05) is 25.1 Å². The van der Waals surface area contributed by atoms with Gasteiger partial charge in [0.05, 0.1) is 19.8 Å². The summed E-state index contributed by atoms with van der Waals surface area (Å²) < 4.78 is 5.32. The first-order valence-electron chi connectivity index (χ1n) is 9.32. The van der Waals surface area contributed by atoms with Crippen molar-refractivity contribution < 1.29 is 9.53 Å². The van der Waals surface area contributed by atoms with E-state index in [2.05, 4.69) is 26.0 Å². The monoisotopic (exact) mass is 378 g/mol. The number of rotatable bonds is 6. The fourth-order valence-electron chi connectivity index (χ4n) is 2.99. The van der Waals surface area contributed by atoms with Gasteiger partial charge in [0.1, 0.15) is 6.04 Å². The maximum absolute atomic E-state index is 12.2. The zero-order valence-corrected chi connectivity index (χ0v) is 15.4. The van der Waals surface area contributed by atoms with Gasteiger partial charge in [-0.05, 0) is 29.3 Å². The van der Waals surface area contributed by atoms with Crippen molar-refractivity contribution in [3.63, 3.8) is 0 Å². The third kappa shape index (κ3) is 4.59. The molecule has 28 heavy (non-hydrogen) atoms. The number of hydrogen-bond donors (Lipinski definition) is 2. The molecule has 0 saturated carbocycles. The lowest BCUT2D eigenvalue weighted by Gasteiger charge is -2.22. The lowest BCUT2D eigenvalue weighted by molar-refractivity contribution is -0.120. The Morgan fingerprint density at radius 1 is 1.18 bits per heavy atom. The molecule has 1 fully saturated rings. The summed E-state index contributed by atoms with van der Waals surface area (Å²) in [6, 6.07) is 17.3. The summed E-state index contributed by atoms with van der Waals surface area (Å²) >= 11 is 0. The molecule has 1 amide bonds. The Hall–Kier alpha value is -3.10. The van der Waals surface area contributed by atoms with Gasteiger partial charge >= 0.3 is 0 Å². The number of aryl methyl sites for hydroxylation is 2. The molecule has 1 unspecified atom stereocenters. The van der Waals surface area contributed by atoms with E-state index < -0.39 is 0 Å². The maximum atomic E-state index is 12.2. The molecule has 3 aromatic rings. The van der Waals surface area contributed by atoms with Crippen LogP contribution in [-0.4, -0.2) is 51.9 Å². The van der Waals surface area contributed by atoms with Crippen LogP contribution in [0.4, 0.5) is 5.69 Å². The van der Waals surface area contributed by atoms with Crippen LogP contribution >= 0.6 is 0 Å². The summed E-state index contributed by atoms with van der Waals surface area (Å²) in [5.41, 5.74) is 2.86. The highest BCUT2D eigenvalue weighted by molar-refractivity contribution is 5.95. The van der Waals surface area contributed by atoms with E-state index in [1.54, 1.807) is 4.80 Å². The second-order valence-corrected chi connectivity index (χ2v) is 6.59. The van der Waals surface area contributed by atoms with Gasteiger partial charge in [-0.2, -0.15) is 4.80 Å². The van der Waals surface area contributed by atoms with Crippen LogP contribution in [0.1, 0.15) is 5.56 Å². The van der Waals surface area contributed by atoms with Gasteiger partial charge in [0.2, 0.25) is 11.7 Å². The first-order valence-corrected chi connectivity index (χ1v) is 9.32. The average Bonchev–Trinajstić information content (AvgIpc) is 3.24. The number of carbonyl (C=O) groups is 1. The minimum absolute atomic E-state index is 0.0762. The van der Waals surface area contributed by atoms with Crippen LogP contribution < -0.4 is 10.6 Å². The lowest BCUT2D eigenvalue weighted by Crippen LogP contribution is -2.48. The molecule has 8 heteroatoms. The highest BCUT2D eigenvalue weighted by Gasteiger charge is 2.20. The smallest absolute Gasteiger partial charge is 0.243 e. The molecule has 1 aromatic heterocycles. The van der Waals surface area contributed by atoms with E-state index in [0.29, 0.717) is 32.1 Å². The summed E-state index contributed by atoms with van der Waals surface area (Å²) in [7, 11) is 0. The maximum Gasteiger partial charge on any atom is 0.243 e. The topological polar surface area (TPSA) is 94.0 Å². The Balaban J connectivity index is 1.30. The van der Waals surface area contributed by atoms with E-state index in [4.69, 9.17) is 4.74 Å². The molecule has 1 saturated heterocycles. The number of nitrogens with one attached hydrogen (secondary N) is 2. The molecule has 0 aliphatic carbocycles. The zero-order chi connectivity index (χ0) is 19.2. The van der Waals surface area contributed by atoms with Crippen molar-refractivity contribution in [1.29, 1.82) is 0 Å². The molecule has 4 rings (SSSR count). The van der Waals surface area contributed by atoms with Gasteiger partial charge in [-0.25, -0.2) is 0 Å². The van der Waals surface area contributed by atoms with Crippen LogP contribution in [0.5, 0.6) is 0 Å². The number of hydrogen-bond acceptors (Lipinski definition) is 6. The number of nitrogens with zero attached hydrogens (tertiary/aromatic N) is 4. The standard InChI is InChI=1S/C20H22N6O2/c27-20(18-14-28-13-11-21-18)22-17-8-6-15(7-9-17)10-12-26-24-19(23-25-26)16-4-2-1-3-5-16/h1-9,18,21H,10-14H2,(H,22,27). The summed E-state index contributed by atoms with van der Waals surface area (Å²) in [6.07, 6.45) is 0.775. The Morgan fingerprint density at radius 2 is 2.00 bits per heavy atom.